The molecule has 0 radical (unpaired) electrons. The summed E-state index contributed by atoms with van der Waals surface area (Å²) in [7, 11) is 0. The fourth-order valence-electron chi connectivity index (χ4n) is 0.951. The fraction of sp³-hybridized carbons (Fsp3) is 0.143. The van der Waals surface area contributed by atoms with Crippen LogP contribution in [0, 0.1) is 0 Å². The first-order valence-electron chi connectivity index (χ1n) is 3.59. The van der Waals surface area contributed by atoms with Crippen molar-refractivity contribution in [3.8, 4) is 0 Å². The van der Waals surface area contributed by atoms with Crippen LogP contribution in [0.15, 0.2) is 18.2 Å². The second kappa shape index (κ2) is 5.97. The summed E-state index contributed by atoms with van der Waals surface area (Å²) in [5, 5.41) is -0.336. The molecule has 0 atom stereocenters. The average Bonchev–Trinajstić information content (AvgIpc) is 2.01. The SMILES string of the molecule is FC(F)c1cc(Cl)cc([B-](F)(F)F)c1.[K+]. The van der Waals surface area contributed by atoms with E-state index in [2.05, 4.69) is 0 Å². The first-order chi connectivity index (χ1) is 6.30. The first kappa shape index (κ1) is 15.9. The summed E-state index contributed by atoms with van der Waals surface area (Å²) in [6.07, 6.45) is -2.95. The van der Waals surface area contributed by atoms with Crippen molar-refractivity contribution in [2.75, 3.05) is 0 Å². The molecule has 0 saturated heterocycles. The molecule has 0 aliphatic heterocycles. The molecule has 8 heteroatoms. The summed E-state index contributed by atoms with van der Waals surface area (Å²) in [6.45, 7) is -5.29. The third-order valence-corrected chi connectivity index (χ3v) is 1.79. The predicted molar refractivity (Wildman–Crippen MR) is 45.1 cm³/mol. The van der Waals surface area contributed by atoms with Crippen molar-refractivity contribution < 1.29 is 73.1 Å². The maximum atomic E-state index is 12.2. The van der Waals surface area contributed by atoms with E-state index in [0.29, 0.717) is 12.1 Å². The number of halogens is 6. The molecule has 78 valence electrons. The van der Waals surface area contributed by atoms with E-state index in [0.717, 1.165) is 6.07 Å². The molecule has 0 N–H and O–H groups in total. The Hall–Kier alpha value is 0.861. The molecule has 0 amide bonds. The molecule has 0 bridgehead atoms. The molecule has 1 aromatic rings. The molecule has 0 fully saturated rings. The first-order valence-corrected chi connectivity index (χ1v) is 3.97. The molecule has 0 aliphatic carbocycles. The summed E-state index contributed by atoms with van der Waals surface area (Å²) in [5.41, 5.74) is -1.82. The third kappa shape index (κ3) is 4.70. The Bertz CT molecular complexity index is 341. The monoisotopic (exact) mass is 268 g/mol. The van der Waals surface area contributed by atoms with Gasteiger partial charge in [-0.15, -0.1) is 5.46 Å². The van der Waals surface area contributed by atoms with Gasteiger partial charge < -0.3 is 12.9 Å². The molecule has 1 aromatic carbocycles. The summed E-state index contributed by atoms with van der Waals surface area (Å²) in [4.78, 5) is 0. The second-order valence-corrected chi connectivity index (χ2v) is 3.13. The van der Waals surface area contributed by atoms with Crippen molar-refractivity contribution in [1.82, 2.24) is 0 Å². The van der Waals surface area contributed by atoms with E-state index in [1.165, 1.54) is 0 Å². The van der Waals surface area contributed by atoms with Crippen molar-refractivity contribution >= 4 is 24.0 Å². The maximum Gasteiger partial charge on any atom is 1.00 e. The minimum Gasteiger partial charge on any atom is -0.445 e. The smallest absolute Gasteiger partial charge is 0.445 e. The minimum absolute atomic E-state index is 0. The van der Waals surface area contributed by atoms with Crippen LogP contribution in [0.3, 0.4) is 0 Å². The summed E-state index contributed by atoms with van der Waals surface area (Å²) < 4.78 is 60.7. The molecular weight excluding hydrogens is 264 g/mol. The number of hydrogen-bond donors (Lipinski definition) is 0. The van der Waals surface area contributed by atoms with Gasteiger partial charge in [-0.1, -0.05) is 23.7 Å². The van der Waals surface area contributed by atoms with Gasteiger partial charge in [-0.25, -0.2) is 8.78 Å². The number of rotatable bonds is 2. The van der Waals surface area contributed by atoms with Gasteiger partial charge in [-0.2, -0.15) is 0 Å². The van der Waals surface area contributed by atoms with E-state index in [1.807, 2.05) is 0 Å². The van der Waals surface area contributed by atoms with Crippen LogP contribution in [-0.2, 0) is 0 Å². The van der Waals surface area contributed by atoms with Gasteiger partial charge in [0, 0.05) is 10.6 Å². The Morgan fingerprint density at radius 3 is 2.00 bits per heavy atom. The zero-order valence-electron chi connectivity index (χ0n) is 7.65. The van der Waals surface area contributed by atoms with Gasteiger partial charge in [-0.3, -0.25) is 0 Å². The zero-order chi connectivity index (χ0) is 10.9. The quantitative estimate of drug-likeness (QED) is 0.536. The Morgan fingerprint density at radius 1 is 1.07 bits per heavy atom. The molecule has 0 aliphatic rings. The maximum absolute atomic E-state index is 12.2. The fourth-order valence-corrected chi connectivity index (χ4v) is 1.20. The van der Waals surface area contributed by atoms with Crippen molar-refractivity contribution in [2.45, 2.75) is 6.43 Å². The van der Waals surface area contributed by atoms with Crippen molar-refractivity contribution in [2.24, 2.45) is 0 Å². The van der Waals surface area contributed by atoms with Crippen molar-refractivity contribution in [3.05, 3.63) is 28.8 Å². The van der Waals surface area contributed by atoms with Gasteiger partial charge in [0.05, 0.1) is 0 Å². The van der Waals surface area contributed by atoms with Gasteiger partial charge >= 0.3 is 58.4 Å². The number of hydrogen-bond acceptors (Lipinski definition) is 0. The van der Waals surface area contributed by atoms with Crippen LogP contribution in [0.5, 0.6) is 0 Å². The standard InChI is InChI=1S/C7H4BClF5.K/c9-6-2-4(7(10)11)1-5(3-6)8(12,13)14;/h1-3,7H;/q-1;+1. The van der Waals surface area contributed by atoms with Gasteiger partial charge in [-0.05, 0) is 6.07 Å². The van der Waals surface area contributed by atoms with Gasteiger partial charge in [0.25, 0.3) is 6.43 Å². The van der Waals surface area contributed by atoms with Gasteiger partial charge in [0.15, 0.2) is 0 Å². The Morgan fingerprint density at radius 2 is 1.60 bits per heavy atom. The van der Waals surface area contributed by atoms with Crippen LogP contribution in [-0.4, -0.2) is 6.98 Å². The molecule has 0 saturated carbocycles. The van der Waals surface area contributed by atoms with E-state index < -0.39 is 24.4 Å². The zero-order valence-corrected chi connectivity index (χ0v) is 11.5. The number of benzene rings is 1. The number of alkyl halides is 2. The summed E-state index contributed by atoms with van der Waals surface area (Å²) >= 11 is 5.28. The van der Waals surface area contributed by atoms with Crippen LogP contribution in [0.4, 0.5) is 21.7 Å². The largest absolute Gasteiger partial charge is 1.00 e. The Balaban J connectivity index is 0.00000196. The molecule has 0 heterocycles. The molecule has 0 aromatic heterocycles. The topological polar surface area (TPSA) is 0 Å². The Labute approximate surface area is 131 Å². The van der Waals surface area contributed by atoms with Crippen LogP contribution < -0.4 is 56.8 Å². The van der Waals surface area contributed by atoms with E-state index >= 15 is 0 Å². The van der Waals surface area contributed by atoms with E-state index in [9.17, 15) is 21.7 Å². The molecule has 0 nitrogen and oxygen atoms in total. The van der Waals surface area contributed by atoms with Gasteiger partial charge in [0.1, 0.15) is 0 Å². The van der Waals surface area contributed by atoms with E-state index in [-0.39, 0.29) is 56.4 Å². The van der Waals surface area contributed by atoms with Gasteiger partial charge in [0.2, 0.25) is 0 Å². The summed E-state index contributed by atoms with van der Waals surface area (Å²) in [6, 6.07) is 1.86. The molecule has 0 spiro atoms. The Kier molecular flexibility index (Phi) is 6.32. The van der Waals surface area contributed by atoms with Crippen molar-refractivity contribution in [1.29, 1.82) is 0 Å². The average molecular weight is 268 g/mol. The van der Waals surface area contributed by atoms with Crippen LogP contribution in [0.25, 0.3) is 0 Å². The molecular formula is C7H4BClF5K. The second-order valence-electron chi connectivity index (χ2n) is 2.69. The molecule has 15 heavy (non-hydrogen) atoms. The van der Waals surface area contributed by atoms with E-state index in [1.54, 1.807) is 0 Å². The normalized spacial score (nSPS) is 11.4. The molecule has 0 unspecified atom stereocenters. The third-order valence-electron chi connectivity index (χ3n) is 1.57. The molecule has 1 rings (SSSR count). The predicted octanol–water partition coefficient (Wildman–Crippen LogP) is 0.336. The minimum atomic E-state index is -5.29. The van der Waals surface area contributed by atoms with Crippen LogP contribution >= 0.6 is 11.6 Å². The van der Waals surface area contributed by atoms with Crippen LogP contribution in [0.2, 0.25) is 5.02 Å². The van der Waals surface area contributed by atoms with Crippen LogP contribution in [0.1, 0.15) is 12.0 Å². The van der Waals surface area contributed by atoms with Crippen molar-refractivity contribution in [3.63, 3.8) is 0 Å². The summed E-state index contributed by atoms with van der Waals surface area (Å²) in [5.74, 6) is 0. The van der Waals surface area contributed by atoms with E-state index in [4.69, 9.17) is 11.6 Å².